The average Bonchev–Trinajstić information content (AvgIpc) is 2.61. The van der Waals surface area contributed by atoms with Crippen molar-refractivity contribution in [2.45, 2.75) is 37.8 Å². The summed E-state index contributed by atoms with van der Waals surface area (Å²) >= 11 is 0. The van der Waals surface area contributed by atoms with Gasteiger partial charge in [-0.3, -0.25) is 4.90 Å². The van der Waals surface area contributed by atoms with Crippen molar-refractivity contribution < 1.29 is 0 Å². The molecule has 0 aromatic heterocycles. The Morgan fingerprint density at radius 1 is 1.29 bits per heavy atom. The van der Waals surface area contributed by atoms with Gasteiger partial charge in [-0.2, -0.15) is 0 Å². The van der Waals surface area contributed by atoms with Gasteiger partial charge in [-0.25, -0.2) is 0 Å². The maximum atomic E-state index is 5.61. The molecule has 0 bridgehead atoms. The standard InChI is InChI=1S/C11H23N3/c1-13(9-6-12)10-5-8-14-7-3-2-4-11(10)14/h10-11H,2-9,12H2,1H3. The van der Waals surface area contributed by atoms with E-state index < -0.39 is 0 Å². The summed E-state index contributed by atoms with van der Waals surface area (Å²) in [6, 6.07) is 1.61. The summed E-state index contributed by atoms with van der Waals surface area (Å²) in [5, 5.41) is 0. The van der Waals surface area contributed by atoms with Crippen LogP contribution >= 0.6 is 0 Å². The molecule has 14 heavy (non-hydrogen) atoms. The topological polar surface area (TPSA) is 32.5 Å². The molecule has 3 heteroatoms. The first-order chi connectivity index (χ1) is 6.83. The lowest BCUT2D eigenvalue weighted by Crippen LogP contribution is -2.46. The molecule has 2 unspecified atom stereocenters. The van der Waals surface area contributed by atoms with Crippen molar-refractivity contribution in [2.24, 2.45) is 5.73 Å². The summed E-state index contributed by atoms with van der Waals surface area (Å²) in [7, 11) is 2.23. The zero-order chi connectivity index (χ0) is 9.97. The van der Waals surface area contributed by atoms with Crippen LogP contribution < -0.4 is 5.73 Å². The molecule has 0 amide bonds. The highest BCUT2D eigenvalue weighted by molar-refractivity contribution is 4.94. The van der Waals surface area contributed by atoms with Gasteiger partial charge >= 0.3 is 0 Å². The monoisotopic (exact) mass is 197 g/mol. The molecule has 2 N–H and O–H groups in total. The van der Waals surface area contributed by atoms with Gasteiger partial charge in [-0.05, 0) is 32.9 Å². The summed E-state index contributed by atoms with van der Waals surface area (Å²) in [4.78, 5) is 5.15. The Morgan fingerprint density at radius 3 is 2.93 bits per heavy atom. The van der Waals surface area contributed by atoms with Crippen LogP contribution in [0.3, 0.4) is 0 Å². The molecule has 2 heterocycles. The first kappa shape index (κ1) is 10.4. The molecule has 0 spiro atoms. The maximum Gasteiger partial charge on any atom is 0.0261 e. The summed E-state index contributed by atoms with van der Waals surface area (Å²) < 4.78 is 0. The van der Waals surface area contributed by atoms with Crippen LogP contribution in [0.15, 0.2) is 0 Å². The van der Waals surface area contributed by atoms with Crippen LogP contribution in [-0.4, -0.2) is 55.1 Å². The molecule has 2 atom stereocenters. The van der Waals surface area contributed by atoms with Gasteiger partial charge < -0.3 is 10.6 Å². The highest BCUT2D eigenvalue weighted by atomic mass is 15.3. The van der Waals surface area contributed by atoms with Crippen molar-refractivity contribution in [1.29, 1.82) is 0 Å². The summed E-state index contributed by atoms with van der Waals surface area (Å²) in [5.41, 5.74) is 5.61. The first-order valence-electron chi connectivity index (χ1n) is 5.97. The van der Waals surface area contributed by atoms with Crippen molar-refractivity contribution in [1.82, 2.24) is 9.80 Å². The highest BCUT2D eigenvalue weighted by Crippen LogP contribution is 2.29. The molecular formula is C11H23N3. The number of rotatable bonds is 3. The van der Waals surface area contributed by atoms with Crippen LogP contribution in [0, 0.1) is 0 Å². The van der Waals surface area contributed by atoms with Crippen molar-refractivity contribution >= 4 is 0 Å². The van der Waals surface area contributed by atoms with Crippen LogP contribution in [-0.2, 0) is 0 Å². The fourth-order valence-electron chi connectivity index (χ4n) is 3.10. The Kier molecular flexibility index (Phi) is 3.42. The highest BCUT2D eigenvalue weighted by Gasteiger charge is 2.36. The van der Waals surface area contributed by atoms with Crippen LogP contribution in [0.1, 0.15) is 25.7 Å². The zero-order valence-electron chi connectivity index (χ0n) is 9.28. The smallest absolute Gasteiger partial charge is 0.0261 e. The van der Waals surface area contributed by atoms with E-state index >= 15 is 0 Å². The number of hydrogen-bond donors (Lipinski definition) is 1. The van der Waals surface area contributed by atoms with Crippen molar-refractivity contribution in [3.05, 3.63) is 0 Å². The van der Waals surface area contributed by atoms with Gasteiger partial charge in [-0.15, -0.1) is 0 Å². The molecule has 82 valence electrons. The minimum Gasteiger partial charge on any atom is -0.329 e. The van der Waals surface area contributed by atoms with Gasteiger partial charge in [0.15, 0.2) is 0 Å². The average molecular weight is 197 g/mol. The lowest BCUT2D eigenvalue weighted by atomic mass is 9.98. The van der Waals surface area contributed by atoms with E-state index in [0.29, 0.717) is 0 Å². The Balaban J connectivity index is 1.93. The fraction of sp³-hybridized carbons (Fsp3) is 1.00. The second-order valence-corrected chi connectivity index (χ2v) is 4.72. The van der Waals surface area contributed by atoms with Crippen LogP contribution in [0.2, 0.25) is 0 Å². The molecule has 2 aliphatic rings. The fourth-order valence-corrected chi connectivity index (χ4v) is 3.10. The summed E-state index contributed by atoms with van der Waals surface area (Å²) in [6.45, 7) is 4.48. The Bertz CT molecular complexity index is 183. The van der Waals surface area contributed by atoms with E-state index in [1.165, 1.54) is 38.8 Å². The van der Waals surface area contributed by atoms with E-state index in [2.05, 4.69) is 16.8 Å². The van der Waals surface area contributed by atoms with Crippen LogP contribution in [0.25, 0.3) is 0 Å². The lowest BCUT2D eigenvalue weighted by Gasteiger charge is -2.36. The molecule has 3 nitrogen and oxygen atoms in total. The molecule has 0 aliphatic carbocycles. The molecule has 0 aromatic rings. The summed E-state index contributed by atoms with van der Waals surface area (Å²) in [5.74, 6) is 0. The zero-order valence-corrected chi connectivity index (χ0v) is 9.28. The SMILES string of the molecule is CN(CCN)C1CCN2CCCCC12. The largest absolute Gasteiger partial charge is 0.329 e. The van der Waals surface area contributed by atoms with E-state index in [1.54, 1.807) is 0 Å². The van der Waals surface area contributed by atoms with Crippen molar-refractivity contribution in [3.63, 3.8) is 0 Å². The molecule has 2 aliphatic heterocycles. The first-order valence-corrected chi connectivity index (χ1v) is 5.97. The van der Waals surface area contributed by atoms with E-state index in [0.717, 1.165) is 25.2 Å². The van der Waals surface area contributed by atoms with Gasteiger partial charge in [-0.1, -0.05) is 6.42 Å². The van der Waals surface area contributed by atoms with Gasteiger partial charge in [0.1, 0.15) is 0 Å². The third-order valence-corrected chi connectivity index (χ3v) is 3.87. The number of nitrogens with two attached hydrogens (primary N) is 1. The minimum atomic E-state index is 0.777. The molecule has 0 aromatic carbocycles. The second-order valence-electron chi connectivity index (χ2n) is 4.72. The summed E-state index contributed by atoms with van der Waals surface area (Å²) in [6.07, 6.45) is 5.58. The Morgan fingerprint density at radius 2 is 2.14 bits per heavy atom. The molecular weight excluding hydrogens is 174 g/mol. The maximum absolute atomic E-state index is 5.61. The molecule has 2 rings (SSSR count). The third kappa shape index (κ3) is 1.95. The molecule has 2 fully saturated rings. The van der Waals surface area contributed by atoms with E-state index in [1.807, 2.05) is 0 Å². The minimum absolute atomic E-state index is 0.777. The predicted octanol–water partition coefficient (Wildman–Crippen LogP) is 0.504. The van der Waals surface area contributed by atoms with E-state index in [4.69, 9.17) is 5.73 Å². The molecule has 0 radical (unpaired) electrons. The number of fused-ring (bicyclic) bond motifs is 1. The van der Waals surface area contributed by atoms with Crippen LogP contribution in [0.4, 0.5) is 0 Å². The van der Waals surface area contributed by atoms with E-state index in [9.17, 15) is 0 Å². The van der Waals surface area contributed by atoms with Gasteiger partial charge in [0.2, 0.25) is 0 Å². The third-order valence-electron chi connectivity index (χ3n) is 3.87. The van der Waals surface area contributed by atoms with Gasteiger partial charge in [0.25, 0.3) is 0 Å². The van der Waals surface area contributed by atoms with Crippen LogP contribution in [0.5, 0.6) is 0 Å². The Hall–Kier alpha value is -0.120. The predicted molar refractivity (Wildman–Crippen MR) is 59.3 cm³/mol. The number of likely N-dealkylation sites (N-methyl/N-ethyl adjacent to an activating group) is 1. The number of hydrogen-bond acceptors (Lipinski definition) is 3. The quantitative estimate of drug-likeness (QED) is 0.715. The van der Waals surface area contributed by atoms with Gasteiger partial charge in [0, 0.05) is 31.7 Å². The lowest BCUT2D eigenvalue weighted by molar-refractivity contribution is 0.133. The van der Waals surface area contributed by atoms with E-state index in [-0.39, 0.29) is 0 Å². The Labute approximate surface area is 87.2 Å². The normalized spacial score (nSPS) is 33.6. The van der Waals surface area contributed by atoms with Crippen molar-refractivity contribution in [2.75, 3.05) is 33.2 Å². The van der Waals surface area contributed by atoms with Gasteiger partial charge in [0.05, 0.1) is 0 Å². The molecule has 0 saturated carbocycles. The molecule has 2 saturated heterocycles. The number of piperidine rings is 1. The van der Waals surface area contributed by atoms with Crippen molar-refractivity contribution in [3.8, 4) is 0 Å². The second kappa shape index (κ2) is 4.60. The number of nitrogens with zero attached hydrogens (tertiary/aromatic N) is 2.